The highest BCUT2D eigenvalue weighted by atomic mass is 35.5. The fourth-order valence-corrected chi connectivity index (χ4v) is 1.63. The zero-order chi connectivity index (χ0) is 12.6. The number of cyclic esters (lactones) is 1. The van der Waals surface area contributed by atoms with Crippen molar-refractivity contribution in [3.05, 3.63) is 35.1 Å². The van der Waals surface area contributed by atoms with Crippen LogP contribution in [-0.4, -0.2) is 12.7 Å². The quantitative estimate of drug-likeness (QED) is 0.806. The number of hydrogen-bond donors (Lipinski definition) is 1. The van der Waals surface area contributed by atoms with Crippen LogP contribution in [-0.2, 0) is 10.9 Å². The minimum Gasteiger partial charge on any atom is -0.447 e. The molecular weight excluding hydrogens is 278 g/mol. The van der Waals surface area contributed by atoms with Crippen LogP contribution in [0.15, 0.2) is 18.2 Å². The molecule has 1 aliphatic rings. The van der Waals surface area contributed by atoms with E-state index in [4.69, 9.17) is 0 Å². The van der Waals surface area contributed by atoms with Crippen molar-refractivity contribution >= 4 is 18.5 Å². The Morgan fingerprint density at radius 2 is 2.00 bits per heavy atom. The minimum atomic E-state index is -4.60. The van der Waals surface area contributed by atoms with Crippen LogP contribution in [0.3, 0.4) is 0 Å². The first-order valence-corrected chi connectivity index (χ1v) is 4.68. The molecule has 1 aromatic rings. The summed E-state index contributed by atoms with van der Waals surface area (Å²) in [5.41, 5.74) is -1.31. The summed E-state index contributed by atoms with van der Waals surface area (Å²) in [5, 5.41) is 2.18. The van der Waals surface area contributed by atoms with Gasteiger partial charge in [0, 0.05) is 0 Å². The molecule has 1 atom stereocenters. The molecule has 2 rings (SSSR count). The fourth-order valence-electron chi connectivity index (χ4n) is 1.63. The number of benzene rings is 1. The lowest BCUT2D eigenvalue weighted by molar-refractivity contribution is -0.138. The Labute approximate surface area is 106 Å². The Balaban J connectivity index is 0.00000162. The number of halogens is 5. The molecule has 3 nitrogen and oxygen atoms in total. The maximum absolute atomic E-state index is 13.0. The number of hydrogen-bond acceptors (Lipinski definition) is 2. The van der Waals surface area contributed by atoms with Gasteiger partial charge < -0.3 is 10.1 Å². The number of rotatable bonds is 1. The lowest BCUT2D eigenvalue weighted by Crippen LogP contribution is -2.22. The maximum atomic E-state index is 13.0. The standard InChI is InChI=1S/C10H7F4NO2.ClH/c11-5-1-2-7(10(12,13)14)6(3-5)8-4-17-9(16)15-8;/h1-3,8H,4H2,(H,15,16);1H/t8-;/m0./s1. The van der Waals surface area contributed by atoms with Gasteiger partial charge in [-0.25, -0.2) is 9.18 Å². The number of alkyl halides is 3. The van der Waals surface area contributed by atoms with Gasteiger partial charge in [-0.3, -0.25) is 0 Å². The molecule has 0 bridgehead atoms. The molecule has 1 amide bonds. The van der Waals surface area contributed by atoms with Crippen LogP contribution < -0.4 is 5.32 Å². The van der Waals surface area contributed by atoms with E-state index in [1.807, 2.05) is 0 Å². The van der Waals surface area contributed by atoms with Gasteiger partial charge in [0.25, 0.3) is 0 Å². The van der Waals surface area contributed by atoms with E-state index in [-0.39, 0.29) is 24.6 Å². The van der Waals surface area contributed by atoms with Crippen molar-refractivity contribution in [2.75, 3.05) is 6.61 Å². The molecule has 0 aliphatic carbocycles. The Bertz CT molecular complexity index is 464. The number of amides is 1. The molecule has 1 aliphatic heterocycles. The SMILES string of the molecule is Cl.O=C1N[C@H](c2cc(F)ccc2C(F)(F)F)CO1. The van der Waals surface area contributed by atoms with E-state index in [9.17, 15) is 22.4 Å². The fraction of sp³-hybridized carbons (Fsp3) is 0.300. The van der Waals surface area contributed by atoms with Crippen molar-refractivity contribution in [2.24, 2.45) is 0 Å². The van der Waals surface area contributed by atoms with Crippen molar-refractivity contribution in [1.82, 2.24) is 5.32 Å². The first-order valence-electron chi connectivity index (χ1n) is 4.68. The summed E-state index contributed by atoms with van der Waals surface area (Å²) in [5.74, 6) is -0.797. The Morgan fingerprint density at radius 3 is 2.50 bits per heavy atom. The van der Waals surface area contributed by atoms with Gasteiger partial charge in [-0.2, -0.15) is 13.2 Å². The summed E-state index contributed by atoms with van der Waals surface area (Å²) in [4.78, 5) is 10.8. The van der Waals surface area contributed by atoms with Gasteiger partial charge >= 0.3 is 12.3 Å². The first-order chi connectivity index (χ1) is 7.88. The number of carbonyl (C=O) groups is 1. The smallest absolute Gasteiger partial charge is 0.416 e. The number of ether oxygens (including phenoxy) is 1. The van der Waals surface area contributed by atoms with E-state index in [2.05, 4.69) is 10.1 Å². The lowest BCUT2D eigenvalue weighted by Gasteiger charge is -2.16. The highest BCUT2D eigenvalue weighted by molar-refractivity contribution is 5.85. The topological polar surface area (TPSA) is 38.3 Å². The van der Waals surface area contributed by atoms with Gasteiger partial charge in [0.2, 0.25) is 0 Å². The van der Waals surface area contributed by atoms with Gasteiger partial charge in [-0.05, 0) is 23.8 Å². The molecule has 8 heteroatoms. The van der Waals surface area contributed by atoms with Gasteiger partial charge in [-0.1, -0.05) is 0 Å². The van der Waals surface area contributed by atoms with Crippen molar-refractivity contribution < 1.29 is 27.1 Å². The van der Waals surface area contributed by atoms with Crippen LogP contribution in [0, 0.1) is 5.82 Å². The highest BCUT2D eigenvalue weighted by Gasteiger charge is 2.37. The summed E-state index contributed by atoms with van der Waals surface area (Å²) in [6.07, 6.45) is -5.41. The molecule has 0 aromatic heterocycles. The van der Waals surface area contributed by atoms with E-state index >= 15 is 0 Å². The third-order valence-electron chi connectivity index (χ3n) is 2.37. The van der Waals surface area contributed by atoms with Crippen LogP contribution in [0.2, 0.25) is 0 Å². The zero-order valence-electron chi connectivity index (χ0n) is 8.75. The molecule has 100 valence electrons. The molecule has 1 aromatic carbocycles. The lowest BCUT2D eigenvalue weighted by atomic mass is 10.0. The first kappa shape index (κ1) is 14.6. The van der Waals surface area contributed by atoms with Crippen molar-refractivity contribution in [3.63, 3.8) is 0 Å². The van der Waals surface area contributed by atoms with E-state index < -0.39 is 29.7 Å². The summed E-state index contributed by atoms with van der Waals surface area (Å²) in [7, 11) is 0. The van der Waals surface area contributed by atoms with Gasteiger partial charge in [0.15, 0.2) is 0 Å². The number of carbonyl (C=O) groups excluding carboxylic acids is 1. The van der Waals surface area contributed by atoms with E-state index in [1.165, 1.54) is 0 Å². The van der Waals surface area contributed by atoms with Crippen LogP contribution in [0.5, 0.6) is 0 Å². The molecule has 0 radical (unpaired) electrons. The van der Waals surface area contributed by atoms with Crippen LogP contribution in [0.4, 0.5) is 22.4 Å². The van der Waals surface area contributed by atoms with Crippen LogP contribution in [0.25, 0.3) is 0 Å². The Morgan fingerprint density at radius 1 is 1.33 bits per heavy atom. The van der Waals surface area contributed by atoms with Crippen molar-refractivity contribution in [3.8, 4) is 0 Å². The van der Waals surface area contributed by atoms with Gasteiger partial charge in [-0.15, -0.1) is 12.4 Å². The van der Waals surface area contributed by atoms with E-state index in [0.29, 0.717) is 6.07 Å². The van der Waals surface area contributed by atoms with Crippen LogP contribution in [0.1, 0.15) is 17.2 Å². The van der Waals surface area contributed by atoms with Gasteiger partial charge in [0.1, 0.15) is 12.4 Å². The normalized spacial score (nSPS) is 18.9. The van der Waals surface area contributed by atoms with E-state index in [1.54, 1.807) is 0 Å². The average molecular weight is 286 g/mol. The van der Waals surface area contributed by atoms with Gasteiger partial charge in [0.05, 0.1) is 11.6 Å². The molecule has 1 N–H and O–H groups in total. The summed E-state index contributed by atoms with van der Waals surface area (Å²) in [6, 6.07) is 1.15. The number of alkyl carbamates (subject to hydrolysis) is 1. The summed E-state index contributed by atoms with van der Waals surface area (Å²) in [6.45, 7) is -0.245. The Hall–Kier alpha value is -1.50. The maximum Gasteiger partial charge on any atom is 0.416 e. The zero-order valence-corrected chi connectivity index (χ0v) is 9.57. The second-order valence-electron chi connectivity index (χ2n) is 3.52. The second kappa shape index (κ2) is 5.01. The molecule has 1 fully saturated rings. The van der Waals surface area contributed by atoms with Crippen LogP contribution >= 0.6 is 12.4 Å². The molecule has 1 heterocycles. The Kier molecular flexibility index (Phi) is 4.05. The molecule has 1 saturated heterocycles. The third kappa shape index (κ3) is 2.84. The predicted octanol–water partition coefficient (Wildman–Crippen LogP) is 3.05. The molecule has 0 unspecified atom stereocenters. The highest BCUT2D eigenvalue weighted by Crippen LogP contribution is 2.35. The predicted molar refractivity (Wildman–Crippen MR) is 55.9 cm³/mol. The molecule has 0 saturated carbocycles. The van der Waals surface area contributed by atoms with Crippen molar-refractivity contribution in [2.45, 2.75) is 12.2 Å². The second-order valence-corrected chi connectivity index (χ2v) is 3.52. The number of nitrogens with one attached hydrogen (secondary N) is 1. The molecule has 18 heavy (non-hydrogen) atoms. The summed E-state index contributed by atoms with van der Waals surface area (Å²) < 4.78 is 55.4. The molecular formula is C10H8ClF4NO2. The monoisotopic (exact) mass is 285 g/mol. The minimum absolute atomic E-state index is 0. The van der Waals surface area contributed by atoms with Crippen molar-refractivity contribution in [1.29, 1.82) is 0 Å². The average Bonchev–Trinajstić information content (AvgIpc) is 2.62. The molecule has 0 spiro atoms. The largest absolute Gasteiger partial charge is 0.447 e. The van der Waals surface area contributed by atoms with E-state index in [0.717, 1.165) is 12.1 Å². The third-order valence-corrected chi connectivity index (χ3v) is 2.37. The summed E-state index contributed by atoms with van der Waals surface area (Å²) >= 11 is 0.